The maximum absolute atomic E-state index is 13.5. The monoisotopic (exact) mass is 292 g/mol. The lowest BCUT2D eigenvalue weighted by atomic mass is 10.0. The minimum absolute atomic E-state index is 0.240. The summed E-state index contributed by atoms with van der Waals surface area (Å²) in [5.41, 5.74) is 1.27. The number of rotatable bonds is 5. The number of carbonyl (C=O) groups excluding carboxylic acids is 1. The van der Waals surface area contributed by atoms with E-state index in [0.29, 0.717) is 12.6 Å². The Morgan fingerprint density at radius 2 is 2.29 bits per heavy atom. The highest BCUT2D eigenvalue weighted by Crippen LogP contribution is 2.31. The highest BCUT2D eigenvalue weighted by atomic mass is 19.1. The highest BCUT2D eigenvalue weighted by molar-refractivity contribution is 5.81. The fourth-order valence-corrected chi connectivity index (χ4v) is 3.04. The van der Waals surface area contributed by atoms with Crippen molar-refractivity contribution >= 4 is 11.7 Å². The first kappa shape index (κ1) is 14.3. The lowest BCUT2D eigenvalue weighted by Crippen LogP contribution is -2.58. The second kappa shape index (κ2) is 5.30. The molecule has 1 unspecified atom stereocenters. The van der Waals surface area contributed by atoms with Crippen LogP contribution in [0.3, 0.4) is 0 Å². The van der Waals surface area contributed by atoms with Gasteiger partial charge in [0.05, 0.1) is 7.11 Å². The molecule has 0 spiro atoms. The Morgan fingerprint density at radius 3 is 2.95 bits per heavy atom. The number of ether oxygens (including phenoxy) is 1. The third-order valence-electron chi connectivity index (χ3n) is 4.28. The summed E-state index contributed by atoms with van der Waals surface area (Å²) in [6.45, 7) is 3.17. The zero-order valence-corrected chi connectivity index (χ0v) is 12.5. The van der Waals surface area contributed by atoms with Crippen molar-refractivity contribution in [3.8, 4) is 0 Å². The summed E-state index contributed by atoms with van der Waals surface area (Å²) >= 11 is 0. The molecule has 3 rings (SSSR count). The van der Waals surface area contributed by atoms with Crippen molar-refractivity contribution in [1.29, 1.82) is 0 Å². The summed E-state index contributed by atoms with van der Waals surface area (Å²) in [6.07, 6.45) is 3.08. The molecule has 1 aromatic rings. The van der Waals surface area contributed by atoms with Gasteiger partial charge in [0.25, 0.3) is 0 Å². The van der Waals surface area contributed by atoms with Gasteiger partial charge in [0, 0.05) is 24.8 Å². The number of nitrogens with one attached hydrogen (secondary N) is 1. The lowest BCUT2D eigenvalue weighted by molar-refractivity contribution is -0.147. The predicted octanol–water partition coefficient (Wildman–Crippen LogP) is 1.87. The van der Waals surface area contributed by atoms with E-state index in [0.717, 1.165) is 37.1 Å². The van der Waals surface area contributed by atoms with E-state index in [1.54, 1.807) is 6.07 Å². The largest absolute Gasteiger partial charge is 0.468 e. The molecule has 2 aliphatic rings. The summed E-state index contributed by atoms with van der Waals surface area (Å²) in [7, 11) is 1.41. The van der Waals surface area contributed by atoms with Gasteiger partial charge in [-0.2, -0.15) is 0 Å². The number of hydrogen-bond donors (Lipinski definition) is 1. The first-order chi connectivity index (χ1) is 10.0. The number of carbonyl (C=O) groups is 1. The summed E-state index contributed by atoms with van der Waals surface area (Å²) in [4.78, 5) is 14.3. The van der Waals surface area contributed by atoms with Crippen molar-refractivity contribution < 1.29 is 13.9 Å². The van der Waals surface area contributed by atoms with Crippen LogP contribution in [0.15, 0.2) is 18.2 Å². The van der Waals surface area contributed by atoms with Crippen molar-refractivity contribution in [3.63, 3.8) is 0 Å². The van der Waals surface area contributed by atoms with E-state index in [2.05, 4.69) is 10.2 Å². The van der Waals surface area contributed by atoms with Crippen molar-refractivity contribution in [2.75, 3.05) is 25.1 Å². The molecule has 1 aliphatic carbocycles. The molecule has 5 heteroatoms. The Bertz CT molecular complexity index is 559. The number of hydrogen-bond acceptors (Lipinski definition) is 4. The number of fused-ring (bicyclic) bond motifs is 1. The quantitative estimate of drug-likeness (QED) is 0.841. The number of esters is 1. The van der Waals surface area contributed by atoms with E-state index < -0.39 is 5.54 Å². The third kappa shape index (κ3) is 2.88. The van der Waals surface area contributed by atoms with Crippen LogP contribution in [-0.2, 0) is 16.0 Å². The van der Waals surface area contributed by atoms with Gasteiger partial charge >= 0.3 is 5.97 Å². The lowest BCUT2D eigenvalue weighted by Gasteiger charge is -2.33. The average molecular weight is 292 g/mol. The smallest absolute Gasteiger partial charge is 0.327 e. The normalized spacial score (nSPS) is 20.0. The third-order valence-corrected chi connectivity index (χ3v) is 4.28. The van der Waals surface area contributed by atoms with Gasteiger partial charge in [0.2, 0.25) is 0 Å². The summed E-state index contributed by atoms with van der Waals surface area (Å²) in [5, 5.41) is 3.38. The van der Waals surface area contributed by atoms with Crippen LogP contribution >= 0.6 is 0 Å². The molecule has 114 valence electrons. The molecule has 1 N–H and O–H groups in total. The van der Waals surface area contributed by atoms with Gasteiger partial charge in [-0.05, 0) is 43.9 Å². The number of halogens is 1. The maximum atomic E-state index is 13.5. The van der Waals surface area contributed by atoms with Crippen molar-refractivity contribution in [2.45, 2.75) is 37.8 Å². The summed E-state index contributed by atoms with van der Waals surface area (Å²) < 4.78 is 18.4. The van der Waals surface area contributed by atoms with Gasteiger partial charge in [-0.15, -0.1) is 0 Å². The van der Waals surface area contributed by atoms with Crippen LogP contribution in [0.2, 0.25) is 0 Å². The standard InChI is InChI=1S/C16H21FN2O2/c1-16(15(20)21-2,18-13-5-6-13)10-19-8-7-11-3-4-12(17)9-14(11)19/h3-4,9,13,18H,5-8,10H2,1-2H3. The maximum Gasteiger partial charge on any atom is 0.327 e. The second-order valence-corrected chi connectivity index (χ2v) is 6.19. The van der Waals surface area contributed by atoms with Gasteiger partial charge < -0.3 is 9.64 Å². The average Bonchev–Trinajstić information content (AvgIpc) is 3.19. The molecule has 21 heavy (non-hydrogen) atoms. The summed E-state index contributed by atoms with van der Waals surface area (Å²) in [6, 6.07) is 5.26. The number of anilines is 1. The number of benzene rings is 1. The predicted molar refractivity (Wildman–Crippen MR) is 78.9 cm³/mol. The van der Waals surface area contributed by atoms with Gasteiger partial charge in [-0.25, -0.2) is 9.18 Å². The van der Waals surface area contributed by atoms with Crippen LogP contribution in [0, 0.1) is 5.82 Å². The molecule has 1 heterocycles. The van der Waals surface area contributed by atoms with E-state index in [4.69, 9.17) is 4.74 Å². The van der Waals surface area contributed by atoms with Crippen LogP contribution in [0.1, 0.15) is 25.3 Å². The molecule has 1 aliphatic heterocycles. The number of methoxy groups -OCH3 is 1. The molecule has 1 atom stereocenters. The molecule has 0 radical (unpaired) electrons. The molecule has 0 bridgehead atoms. The minimum atomic E-state index is -0.760. The molecule has 0 saturated heterocycles. The highest BCUT2D eigenvalue weighted by Gasteiger charge is 2.41. The van der Waals surface area contributed by atoms with Gasteiger partial charge in [0.1, 0.15) is 11.4 Å². The molecular weight excluding hydrogens is 271 g/mol. The van der Waals surface area contributed by atoms with Crippen LogP contribution in [-0.4, -0.2) is 37.7 Å². The first-order valence-corrected chi connectivity index (χ1v) is 7.41. The van der Waals surface area contributed by atoms with Crippen molar-refractivity contribution in [3.05, 3.63) is 29.6 Å². The van der Waals surface area contributed by atoms with E-state index in [9.17, 15) is 9.18 Å². The molecule has 1 aromatic carbocycles. The Kier molecular flexibility index (Phi) is 3.61. The van der Waals surface area contributed by atoms with Crippen LogP contribution in [0.4, 0.5) is 10.1 Å². The zero-order chi connectivity index (χ0) is 15.0. The molecular formula is C16H21FN2O2. The molecule has 1 saturated carbocycles. The van der Waals surface area contributed by atoms with Crippen LogP contribution in [0.25, 0.3) is 0 Å². The van der Waals surface area contributed by atoms with Crippen LogP contribution in [0.5, 0.6) is 0 Å². The summed E-state index contributed by atoms with van der Waals surface area (Å²) in [5.74, 6) is -0.505. The fraction of sp³-hybridized carbons (Fsp3) is 0.562. The Hall–Kier alpha value is -1.62. The minimum Gasteiger partial charge on any atom is -0.468 e. The van der Waals surface area contributed by atoms with E-state index in [-0.39, 0.29) is 11.8 Å². The Morgan fingerprint density at radius 1 is 1.52 bits per heavy atom. The van der Waals surface area contributed by atoms with Gasteiger partial charge in [-0.3, -0.25) is 5.32 Å². The molecule has 4 nitrogen and oxygen atoms in total. The van der Waals surface area contributed by atoms with Gasteiger partial charge in [0.15, 0.2) is 0 Å². The second-order valence-electron chi connectivity index (χ2n) is 6.19. The Labute approximate surface area is 124 Å². The molecule has 1 fully saturated rings. The topological polar surface area (TPSA) is 41.6 Å². The number of nitrogens with zero attached hydrogens (tertiary/aromatic N) is 1. The van der Waals surface area contributed by atoms with Crippen LogP contribution < -0.4 is 10.2 Å². The van der Waals surface area contributed by atoms with Crippen molar-refractivity contribution in [1.82, 2.24) is 5.32 Å². The first-order valence-electron chi connectivity index (χ1n) is 7.41. The van der Waals surface area contributed by atoms with Gasteiger partial charge in [-0.1, -0.05) is 6.07 Å². The van der Waals surface area contributed by atoms with E-state index in [1.165, 1.54) is 13.2 Å². The Balaban J connectivity index is 1.81. The fourth-order valence-electron chi connectivity index (χ4n) is 3.04. The zero-order valence-electron chi connectivity index (χ0n) is 12.5. The SMILES string of the molecule is COC(=O)C(C)(CN1CCc2ccc(F)cc21)NC1CC1. The van der Waals surface area contributed by atoms with E-state index in [1.807, 2.05) is 13.0 Å². The molecule has 0 amide bonds. The van der Waals surface area contributed by atoms with Crippen molar-refractivity contribution in [2.24, 2.45) is 0 Å². The van der Waals surface area contributed by atoms with E-state index >= 15 is 0 Å². The molecule has 0 aromatic heterocycles.